The molecule has 1 atom stereocenters. The summed E-state index contributed by atoms with van der Waals surface area (Å²) in [6.45, 7) is 2.85. The number of carbonyl (C=O) groups excluding carboxylic acids is 1. The van der Waals surface area contributed by atoms with Crippen LogP contribution < -0.4 is 0 Å². The van der Waals surface area contributed by atoms with Gasteiger partial charge in [0.1, 0.15) is 17.1 Å². The number of aromatic nitrogens is 3. The smallest absolute Gasteiger partial charge is 0.274 e. The predicted octanol–water partition coefficient (Wildman–Crippen LogP) is 2.34. The minimum absolute atomic E-state index is 0.00821. The van der Waals surface area contributed by atoms with Crippen molar-refractivity contribution in [1.82, 2.24) is 19.8 Å². The molecule has 112 valence electrons. The van der Waals surface area contributed by atoms with Gasteiger partial charge in [-0.3, -0.25) is 9.48 Å². The van der Waals surface area contributed by atoms with Crippen molar-refractivity contribution >= 4 is 5.91 Å². The molecular formula is C15H20N4O2. The fraction of sp³-hybridized carbons (Fsp3) is 0.533. The second kappa shape index (κ2) is 5.71. The first-order valence-corrected chi connectivity index (χ1v) is 7.45. The number of nitrogens with zero attached hydrogens (tertiary/aromatic N) is 4. The third kappa shape index (κ3) is 2.70. The highest BCUT2D eigenvalue weighted by molar-refractivity contribution is 5.92. The molecule has 0 radical (unpaired) electrons. The van der Waals surface area contributed by atoms with Gasteiger partial charge in [0.25, 0.3) is 5.91 Å². The lowest BCUT2D eigenvalue weighted by atomic mass is 10.1. The molecule has 6 nitrogen and oxygen atoms in total. The molecule has 0 spiro atoms. The summed E-state index contributed by atoms with van der Waals surface area (Å²) >= 11 is 0. The molecule has 0 unspecified atom stereocenters. The van der Waals surface area contributed by atoms with Crippen LogP contribution in [0.1, 0.15) is 54.2 Å². The highest BCUT2D eigenvalue weighted by Gasteiger charge is 2.33. The molecule has 2 aromatic rings. The molecule has 1 fully saturated rings. The molecule has 6 heteroatoms. The summed E-state index contributed by atoms with van der Waals surface area (Å²) in [7, 11) is 1.81. The van der Waals surface area contributed by atoms with Crippen LogP contribution in [0.25, 0.3) is 0 Å². The average molecular weight is 288 g/mol. The van der Waals surface area contributed by atoms with Crippen molar-refractivity contribution in [3.63, 3.8) is 0 Å². The van der Waals surface area contributed by atoms with Crippen LogP contribution >= 0.6 is 0 Å². The predicted molar refractivity (Wildman–Crippen MR) is 76.7 cm³/mol. The lowest BCUT2D eigenvalue weighted by Crippen LogP contribution is -2.31. The average Bonchev–Trinajstić information content (AvgIpc) is 3.17. The summed E-state index contributed by atoms with van der Waals surface area (Å²) in [5.41, 5.74) is 1.35. The Labute approximate surface area is 123 Å². The van der Waals surface area contributed by atoms with Crippen molar-refractivity contribution < 1.29 is 9.32 Å². The lowest BCUT2D eigenvalue weighted by molar-refractivity contribution is 0.0724. The van der Waals surface area contributed by atoms with Crippen LogP contribution in [-0.4, -0.2) is 32.3 Å². The van der Waals surface area contributed by atoms with Gasteiger partial charge in [0, 0.05) is 32.3 Å². The molecular weight excluding hydrogens is 268 g/mol. The Morgan fingerprint density at radius 2 is 2.38 bits per heavy atom. The molecule has 1 saturated heterocycles. The van der Waals surface area contributed by atoms with Gasteiger partial charge in [-0.2, -0.15) is 5.10 Å². The van der Waals surface area contributed by atoms with Gasteiger partial charge in [-0.15, -0.1) is 0 Å². The molecule has 0 saturated carbocycles. The summed E-state index contributed by atoms with van der Waals surface area (Å²) in [6.07, 6.45) is 5.60. The van der Waals surface area contributed by atoms with Crippen LogP contribution in [-0.2, 0) is 13.5 Å². The molecule has 1 aliphatic rings. The van der Waals surface area contributed by atoms with E-state index in [1.165, 1.54) is 0 Å². The molecule has 0 aliphatic carbocycles. The van der Waals surface area contributed by atoms with Crippen molar-refractivity contribution in [3.05, 3.63) is 35.5 Å². The highest BCUT2D eigenvalue weighted by atomic mass is 16.5. The normalized spacial score (nSPS) is 18.4. The lowest BCUT2D eigenvalue weighted by Gasteiger charge is -2.21. The number of hydrogen-bond acceptors (Lipinski definition) is 4. The van der Waals surface area contributed by atoms with E-state index in [4.69, 9.17) is 4.52 Å². The van der Waals surface area contributed by atoms with Crippen LogP contribution in [0.15, 0.2) is 22.9 Å². The van der Waals surface area contributed by atoms with E-state index >= 15 is 0 Å². The van der Waals surface area contributed by atoms with Gasteiger partial charge >= 0.3 is 0 Å². The summed E-state index contributed by atoms with van der Waals surface area (Å²) < 4.78 is 6.99. The molecule has 1 aliphatic heterocycles. The summed E-state index contributed by atoms with van der Waals surface area (Å²) in [6, 6.07) is 3.75. The van der Waals surface area contributed by atoms with Crippen molar-refractivity contribution in [2.45, 2.75) is 38.6 Å². The first kappa shape index (κ1) is 13.9. The first-order valence-electron chi connectivity index (χ1n) is 7.45. The molecule has 0 bridgehead atoms. The summed E-state index contributed by atoms with van der Waals surface area (Å²) in [5.74, 6) is 0.864. The minimum Gasteiger partial charge on any atom is -0.361 e. The second-order valence-electron chi connectivity index (χ2n) is 5.50. The monoisotopic (exact) mass is 288 g/mol. The third-order valence-electron chi connectivity index (χ3n) is 3.86. The minimum atomic E-state index is -0.0295. The molecule has 1 amide bonds. The van der Waals surface area contributed by atoms with Crippen LogP contribution in [0, 0.1) is 0 Å². The Balaban J connectivity index is 1.79. The number of carbonyl (C=O) groups is 1. The quantitative estimate of drug-likeness (QED) is 0.866. The first-order chi connectivity index (χ1) is 10.2. The fourth-order valence-electron chi connectivity index (χ4n) is 2.84. The molecule has 3 heterocycles. The largest absolute Gasteiger partial charge is 0.361 e. The van der Waals surface area contributed by atoms with Crippen LogP contribution in [0.4, 0.5) is 0 Å². The second-order valence-corrected chi connectivity index (χ2v) is 5.50. The van der Waals surface area contributed by atoms with Gasteiger partial charge in [-0.25, -0.2) is 0 Å². The number of aryl methyl sites for hydroxylation is 2. The number of rotatable bonds is 4. The summed E-state index contributed by atoms with van der Waals surface area (Å²) in [5, 5.41) is 8.35. The zero-order valence-corrected chi connectivity index (χ0v) is 12.5. The summed E-state index contributed by atoms with van der Waals surface area (Å²) in [4.78, 5) is 14.4. The topological polar surface area (TPSA) is 64.2 Å². The SMILES string of the molecule is CCCc1cc([C@H]2CCCN2C(=O)c2ccn(C)n2)no1. The van der Waals surface area contributed by atoms with Gasteiger partial charge in [0.2, 0.25) is 0 Å². The number of amides is 1. The number of likely N-dealkylation sites (tertiary alicyclic amines) is 1. The Bertz CT molecular complexity index is 631. The van der Waals surface area contributed by atoms with E-state index in [0.717, 1.165) is 43.7 Å². The van der Waals surface area contributed by atoms with E-state index in [1.807, 2.05) is 18.0 Å². The van der Waals surface area contributed by atoms with E-state index in [1.54, 1.807) is 16.9 Å². The van der Waals surface area contributed by atoms with Crippen molar-refractivity contribution in [2.75, 3.05) is 6.54 Å². The van der Waals surface area contributed by atoms with Gasteiger partial charge < -0.3 is 9.42 Å². The number of hydrogen-bond donors (Lipinski definition) is 0. The zero-order chi connectivity index (χ0) is 14.8. The van der Waals surface area contributed by atoms with E-state index < -0.39 is 0 Å². The van der Waals surface area contributed by atoms with Gasteiger partial charge in [0.05, 0.1) is 6.04 Å². The van der Waals surface area contributed by atoms with Crippen LogP contribution in [0.2, 0.25) is 0 Å². The van der Waals surface area contributed by atoms with E-state index in [9.17, 15) is 4.79 Å². The van der Waals surface area contributed by atoms with Crippen molar-refractivity contribution in [1.29, 1.82) is 0 Å². The van der Waals surface area contributed by atoms with E-state index in [-0.39, 0.29) is 11.9 Å². The Morgan fingerprint density at radius 1 is 1.52 bits per heavy atom. The van der Waals surface area contributed by atoms with E-state index in [0.29, 0.717) is 5.69 Å². The molecule has 2 aromatic heterocycles. The molecule has 21 heavy (non-hydrogen) atoms. The highest BCUT2D eigenvalue weighted by Crippen LogP contribution is 2.32. The third-order valence-corrected chi connectivity index (χ3v) is 3.86. The van der Waals surface area contributed by atoms with Gasteiger partial charge in [0.15, 0.2) is 0 Å². The Kier molecular flexibility index (Phi) is 3.77. The fourth-order valence-corrected chi connectivity index (χ4v) is 2.84. The molecule has 3 rings (SSSR count). The zero-order valence-electron chi connectivity index (χ0n) is 12.5. The van der Waals surface area contributed by atoms with Crippen molar-refractivity contribution in [3.8, 4) is 0 Å². The molecule has 0 N–H and O–H groups in total. The van der Waals surface area contributed by atoms with Gasteiger partial charge in [-0.1, -0.05) is 12.1 Å². The van der Waals surface area contributed by atoms with Crippen LogP contribution in [0.5, 0.6) is 0 Å². The van der Waals surface area contributed by atoms with Crippen molar-refractivity contribution in [2.24, 2.45) is 7.05 Å². The van der Waals surface area contributed by atoms with E-state index in [2.05, 4.69) is 17.2 Å². The Hall–Kier alpha value is -2.11. The Morgan fingerprint density at radius 3 is 3.10 bits per heavy atom. The van der Waals surface area contributed by atoms with Gasteiger partial charge in [-0.05, 0) is 25.3 Å². The maximum Gasteiger partial charge on any atom is 0.274 e. The standard InChI is InChI=1S/C15H20N4O2/c1-3-5-11-10-13(17-21-11)14-6-4-8-19(14)15(20)12-7-9-18(2)16-12/h7,9-10,14H,3-6,8H2,1-2H3/t14-/m1/s1. The molecule has 0 aromatic carbocycles. The van der Waals surface area contributed by atoms with Crippen LogP contribution in [0.3, 0.4) is 0 Å². The maximum atomic E-state index is 12.6. The maximum absolute atomic E-state index is 12.6.